The van der Waals surface area contributed by atoms with E-state index in [1.807, 2.05) is 0 Å². The van der Waals surface area contributed by atoms with Crippen molar-refractivity contribution in [3.63, 3.8) is 0 Å². The fraction of sp³-hybridized carbons (Fsp3) is 0.417. The van der Waals surface area contributed by atoms with Crippen LogP contribution in [0.3, 0.4) is 0 Å². The van der Waals surface area contributed by atoms with Crippen LogP contribution in [-0.4, -0.2) is 45.4 Å². The number of ether oxygens (including phenoxy) is 1. The first kappa shape index (κ1) is 14.6. The molecule has 0 spiro atoms. The van der Waals surface area contributed by atoms with Crippen LogP contribution in [0.2, 0.25) is 0 Å². The van der Waals surface area contributed by atoms with Crippen molar-refractivity contribution in [2.45, 2.75) is 11.3 Å². The molecule has 0 aliphatic carbocycles. The Morgan fingerprint density at radius 1 is 1.40 bits per heavy atom. The van der Waals surface area contributed by atoms with E-state index in [9.17, 15) is 13.2 Å². The molecule has 1 aromatic rings. The minimum absolute atomic E-state index is 0.0175. The number of carbonyl (C=O) groups is 1. The number of amides is 1. The summed E-state index contributed by atoms with van der Waals surface area (Å²) in [5, 5.41) is 2.64. The van der Waals surface area contributed by atoms with E-state index in [0.29, 0.717) is 18.7 Å². The Bertz CT molecular complexity index is 615. The van der Waals surface area contributed by atoms with Gasteiger partial charge >= 0.3 is 0 Å². The lowest BCUT2D eigenvalue weighted by molar-refractivity contribution is -0.120. The molecule has 0 aromatic heterocycles. The molecule has 0 atom stereocenters. The molecule has 8 heteroatoms. The second-order valence-corrected chi connectivity index (χ2v) is 6.36. The van der Waals surface area contributed by atoms with E-state index in [-0.39, 0.29) is 29.6 Å². The number of benzene rings is 1. The number of nitrogens with zero attached hydrogens (tertiary/aromatic N) is 1. The van der Waals surface area contributed by atoms with Crippen molar-refractivity contribution < 1.29 is 17.9 Å². The van der Waals surface area contributed by atoms with E-state index in [4.69, 9.17) is 10.5 Å². The maximum Gasteiger partial charge on any atom is 0.247 e. The number of nitrogen functional groups attached to an aromatic ring is 1. The lowest BCUT2D eigenvalue weighted by Crippen LogP contribution is -2.37. The number of sulfonamides is 1. The SMILES string of the molecule is COc1cc(N)ccc1S(=O)(=O)N1CCCNC(=O)C1. The van der Waals surface area contributed by atoms with Crippen LogP contribution in [0.5, 0.6) is 5.75 Å². The molecule has 0 radical (unpaired) electrons. The van der Waals surface area contributed by atoms with Crippen LogP contribution >= 0.6 is 0 Å². The van der Waals surface area contributed by atoms with Crippen molar-refractivity contribution in [1.82, 2.24) is 9.62 Å². The van der Waals surface area contributed by atoms with Crippen molar-refractivity contribution in [1.29, 1.82) is 0 Å². The molecule has 1 aliphatic heterocycles. The van der Waals surface area contributed by atoms with E-state index in [1.165, 1.54) is 25.3 Å². The van der Waals surface area contributed by atoms with E-state index < -0.39 is 10.0 Å². The first-order valence-electron chi connectivity index (χ1n) is 6.15. The number of methoxy groups -OCH3 is 1. The Hall–Kier alpha value is -1.80. The molecule has 3 N–H and O–H groups in total. The van der Waals surface area contributed by atoms with E-state index in [1.54, 1.807) is 0 Å². The maximum atomic E-state index is 12.6. The molecule has 1 heterocycles. The molecular formula is C12H17N3O4S. The van der Waals surface area contributed by atoms with Crippen molar-refractivity contribution in [3.05, 3.63) is 18.2 Å². The molecule has 1 saturated heterocycles. The summed E-state index contributed by atoms with van der Waals surface area (Å²) in [7, 11) is -2.41. The van der Waals surface area contributed by atoms with E-state index in [2.05, 4.69) is 5.32 Å². The zero-order valence-corrected chi connectivity index (χ0v) is 11.9. The molecule has 1 fully saturated rings. The van der Waals surface area contributed by atoms with Crippen LogP contribution in [0.1, 0.15) is 6.42 Å². The fourth-order valence-corrected chi connectivity index (χ4v) is 3.59. The summed E-state index contributed by atoms with van der Waals surface area (Å²) in [5.74, 6) is -0.129. The van der Waals surface area contributed by atoms with Gasteiger partial charge in [0.25, 0.3) is 0 Å². The summed E-state index contributed by atoms with van der Waals surface area (Å²) < 4.78 is 31.4. The summed E-state index contributed by atoms with van der Waals surface area (Å²) >= 11 is 0. The highest BCUT2D eigenvalue weighted by Crippen LogP contribution is 2.28. The highest BCUT2D eigenvalue weighted by Gasteiger charge is 2.30. The van der Waals surface area contributed by atoms with Gasteiger partial charge in [0.2, 0.25) is 15.9 Å². The Balaban J connectivity index is 2.41. The van der Waals surface area contributed by atoms with Gasteiger partial charge in [-0.15, -0.1) is 0 Å². The Morgan fingerprint density at radius 3 is 2.85 bits per heavy atom. The predicted octanol–water partition coefficient (Wildman–Crippen LogP) is -0.212. The number of nitrogens with two attached hydrogens (primary N) is 1. The standard InChI is InChI=1S/C12H17N3O4S/c1-19-10-7-9(13)3-4-11(10)20(17,18)15-6-2-5-14-12(16)8-15/h3-4,7H,2,5-6,8,13H2,1H3,(H,14,16). The van der Waals surface area contributed by atoms with Gasteiger partial charge in [-0.1, -0.05) is 0 Å². The molecule has 110 valence electrons. The smallest absolute Gasteiger partial charge is 0.247 e. The third kappa shape index (κ3) is 2.86. The summed E-state index contributed by atoms with van der Waals surface area (Å²) in [5.41, 5.74) is 6.03. The Morgan fingerprint density at radius 2 is 2.15 bits per heavy atom. The highest BCUT2D eigenvalue weighted by atomic mass is 32.2. The van der Waals surface area contributed by atoms with Crippen molar-refractivity contribution in [3.8, 4) is 5.75 Å². The van der Waals surface area contributed by atoms with Crippen LogP contribution in [0.15, 0.2) is 23.1 Å². The topological polar surface area (TPSA) is 102 Å². The van der Waals surface area contributed by atoms with Crippen LogP contribution in [0, 0.1) is 0 Å². The maximum absolute atomic E-state index is 12.6. The van der Waals surface area contributed by atoms with Crippen molar-refractivity contribution >= 4 is 21.6 Å². The average Bonchev–Trinajstić information content (AvgIpc) is 2.63. The molecule has 7 nitrogen and oxygen atoms in total. The van der Waals surface area contributed by atoms with Gasteiger partial charge in [0.1, 0.15) is 10.6 Å². The number of rotatable bonds is 3. The summed E-state index contributed by atoms with van der Waals surface area (Å²) in [6.07, 6.45) is 0.572. The number of carbonyl (C=O) groups excluding carboxylic acids is 1. The van der Waals surface area contributed by atoms with Gasteiger partial charge in [0.05, 0.1) is 13.7 Å². The van der Waals surface area contributed by atoms with Gasteiger partial charge in [-0.2, -0.15) is 4.31 Å². The van der Waals surface area contributed by atoms with Gasteiger partial charge < -0.3 is 15.8 Å². The third-order valence-electron chi connectivity index (χ3n) is 3.03. The molecule has 0 unspecified atom stereocenters. The minimum Gasteiger partial charge on any atom is -0.495 e. The van der Waals surface area contributed by atoms with Gasteiger partial charge in [0, 0.05) is 24.8 Å². The second kappa shape index (κ2) is 5.68. The average molecular weight is 299 g/mol. The molecule has 0 bridgehead atoms. The molecule has 20 heavy (non-hydrogen) atoms. The summed E-state index contributed by atoms with van der Waals surface area (Å²) in [6.45, 7) is 0.578. The molecule has 0 saturated carbocycles. The Labute approximate surface area is 117 Å². The molecule has 1 aromatic carbocycles. The lowest BCUT2D eigenvalue weighted by Gasteiger charge is -2.20. The van der Waals surface area contributed by atoms with Crippen LogP contribution in [-0.2, 0) is 14.8 Å². The summed E-state index contributed by atoms with van der Waals surface area (Å²) in [4.78, 5) is 11.5. The van der Waals surface area contributed by atoms with Crippen LogP contribution in [0.4, 0.5) is 5.69 Å². The number of hydrogen-bond acceptors (Lipinski definition) is 5. The Kier molecular flexibility index (Phi) is 4.15. The van der Waals surface area contributed by atoms with E-state index >= 15 is 0 Å². The quantitative estimate of drug-likeness (QED) is 0.752. The largest absolute Gasteiger partial charge is 0.495 e. The van der Waals surface area contributed by atoms with E-state index in [0.717, 1.165) is 4.31 Å². The minimum atomic E-state index is -3.79. The fourth-order valence-electron chi connectivity index (χ4n) is 2.02. The second-order valence-electron chi connectivity index (χ2n) is 4.45. The van der Waals surface area contributed by atoms with Crippen molar-refractivity contribution in [2.75, 3.05) is 32.5 Å². The number of nitrogens with one attached hydrogen (secondary N) is 1. The first-order valence-corrected chi connectivity index (χ1v) is 7.59. The van der Waals surface area contributed by atoms with Crippen LogP contribution < -0.4 is 15.8 Å². The molecular weight excluding hydrogens is 282 g/mol. The predicted molar refractivity (Wildman–Crippen MR) is 73.8 cm³/mol. The van der Waals surface area contributed by atoms with Gasteiger partial charge in [0.15, 0.2) is 0 Å². The zero-order valence-electron chi connectivity index (χ0n) is 11.1. The normalized spacial score (nSPS) is 17.4. The molecule has 1 aliphatic rings. The monoisotopic (exact) mass is 299 g/mol. The molecule has 2 rings (SSSR count). The van der Waals surface area contributed by atoms with Crippen LogP contribution in [0.25, 0.3) is 0 Å². The lowest BCUT2D eigenvalue weighted by atomic mass is 10.3. The first-order chi connectivity index (χ1) is 9.45. The highest BCUT2D eigenvalue weighted by molar-refractivity contribution is 7.89. The van der Waals surface area contributed by atoms with Gasteiger partial charge in [-0.05, 0) is 18.6 Å². The number of hydrogen-bond donors (Lipinski definition) is 2. The zero-order chi connectivity index (χ0) is 14.8. The van der Waals surface area contributed by atoms with Gasteiger partial charge in [-0.3, -0.25) is 4.79 Å². The van der Waals surface area contributed by atoms with Crippen molar-refractivity contribution in [2.24, 2.45) is 0 Å². The number of anilines is 1. The summed E-state index contributed by atoms with van der Waals surface area (Å²) in [6, 6.07) is 4.34. The third-order valence-corrected chi connectivity index (χ3v) is 4.92. The molecule has 1 amide bonds. The van der Waals surface area contributed by atoms with Gasteiger partial charge in [-0.25, -0.2) is 8.42 Å².